The number of hydrogen-bond donors (Lipinski definition) is 1. The van der Waals surface area contributed by atoms with Crippen LogP contribution in [0.25, 0.3) is 0 Å². The van der Waals surface area contributed by atoms with E-state index in [9.17, 15) is 4.39 Å². The van der Waals surface area contributed by atoms with Crippen LogP contribution in [0.3, 0.4) is 0 Å². The molecule has 0 heterocycles. The zero-order valence-corrected chi connectivity index (χ0v) is 11.8. The Kier molecular flexibility index (Phi) is 5.20. The van der Waals surface area contributed by atoms with Crippen LogP contribution in [-0.2, 0) is 0 Å². The van der Waals surface area contributed by atoms with Gasteiger partial charge >= 0.3 is 0 Å². The highest BCUT2D eigenvalue weighted by atomic mass is 19.1. The lowest BCUT2D eigenvalue weighted by atomic mass is 9.94. The molecule has 2 nitrogen and oxygen atoms in total. The molecule has 0 bridgehead atoms. The van der Waals surface area contributed by atoms with E-state index in [0.717, 1.165) is 25.2 Å². The lowest BCUT2D eigenvalue weighted by molar-refractivity contribution is 0.397. The van der Waals surface area contributed by atoms with Gasteiger partial charge in [-0.05, 0) is 49.9 Å². The van der Waals surface area contributed by atoms with Crippen molar-refractivity contribution in [2.24, 2.45) is 11.7 Å². The zero-order valence-electron chi connectivity index (χ0n) is 11.8. The first kappa shape index (κ1) is 14.3. The standard InChI is InChI=1S/C16H25FN2/c1-2-19(15-10-8-14(17)9-11-15)12-13-6-4-3-5-7-16(13)18/h8-11,13,16H,2-7,12,18H2,1H3. The first-order valence-electron chi connectivity index (χ1n) is 7.46. The quantitative estimate of drug-likeness (QED) is 0.843. The minimum absolute atomic E-state index is 0.175. The van der Waals surface area contributed by atoms with Gasteiger partial charge in [0.25, 0.3) is 0 Å². The number of hydrogen-bond acceptors (Lipinski definition) is 2. The number of nitrogens with zero attached hydrogens (tertiary/aromatic N) is 1. The predicted molar refractivity (Wildman–Crippen MR) is 78.8 cm³/mol. The highest BCUT2D eigenvalue weighted by Crippen LogP contribution is 2.25. The van der Waals surface area contributed by atoms with E-state index < -0.39 is 0 Å². The van der Waals surface area contributed by atoms with Crippen molar-refractivity contribution in [2.45, 2.75) is 45.1 Å². The largest absolute Gasteiger partial charge is 0.371 e. The molecule has 0 amide bonds. The van der Waals surface area contributed by atoms with Crippen molar-refractivity contribution in [3.8, 4) is 0 Å². The molecule has 1 aromatic rings. The maximum atomic E-state index is 13.0. The summed E-state index contributed by atoms with van der Waals surface area (Å²) in [6.45, 7) is 4.07. The number of benzene rings is 1. The van der Waals surface area contributed by atoms with Crippen LogP contribution in [0.1, 0.15) is 39.0 Å². The number of anilines is 1. The maximum absolute atomic E-state index is 13.0. The molecule has 2 atom stereocenters. The van der Waals surface area contributed by atoms with Crippen molar-refractivity contribution in [1.82, 2.24) is 0 Å². The van der Waals surface area contributed by atoms with Gasteiger partial charge in [0.05, 0.1) is 0 Å². The van der Waals surface area contributed by atoms with Crippen LogP contribution in [0.5, 0.6) is 0 Å². The predicted octanol–water partition coefficient (Wildman–Crippen LogP) is 3.56. The molecule has 3 heteroatoms. The van der Waals surface area contributed by atoms with Crippen LogP contribution in [0, 0.1) is 11.7 Å². The Bertz CT molecular complexity index is 377. The lowest BCUT2D eigenvalue weighted by Crippen LogP contribution is -2.39. The van der Waals surface area contributed by atoms with Crippen molar-refractivity contribution >= 4 is 5.69 Å². The van der Waals surface area contributed by atoms with Gasteiger partial charge in [0.1, 0.15) is 5.82 Å². The first-order valence-corrected chi connectivity index (χ1v) is 7.46. The van der Waals surface area contributed by atoms with Gasteiger partial charge in [-0.2, -0.15) is 0 Å². The van der Waals surface area contributed by atoms with Crippen molar-refractivity contribution < 1.29 is 4.39 Å². The molecule has 2 N–H and O–H groups in total. The summed E-state index contributed by atoms with van der Waals surface area (Å²) in [5.41, 5.74) is 7.40. The normalized spacial score (nSPS) is 23.9. The minimum atomic E-state index is -0.175. The second kappa shape index (κ2) is 6.90. The van der Waals surface area contributed by atoms with Crippen LogP contribution in [0.4, 0.5) is 10.1 Å². The van der Waals surface area contributed by atoms with Crippen LogP contribution in [-0.4, -0.2) is 19.1 Å². The van der Waals surface area contributed by atoms with E-state index in [4.69, 9.17) is 5.73 Å². The summed E-state index contributed by atoms with van der Waals surface area (Å²) in [7, 11) is 0. The fourth-order valence-electron chi connectivity index (χ4n) is 2.99. The fourth-order valence-corrected chi connectivity index (χ4v) is 2.99. The topological polar surface area (TPSA) is 29.3 Å². The van der Waals surface area contributed by atoms with E-state index in [2.05, 4.69) is 11.8 Å². The molecule has 0 spiro atoms. The van der Waals surface area contributed by atoms with Crippen LogP contribution < -0.4 is 10.6 Å². The average Bonchev–Trinajstić information content (AvgIpc) is 2.62. The molecular weight excluding hydrogens is 239 g/mol. The van der Waals surface area contributed by atoms with Gasteiger partial charge in [-0.1, -0.05) is 19.3 Å². The Morgan fingerprint density at radius 2 is 1.84 bits per heavy atom. The van der Waals surface area contributed by atoms with Gasteiger partial charge in [0.2, 0.25) is 0 Å². The summed E-state index contributed by atoms with van der Waals surface area (Å²) in [6, 6.07) is 7.11. The lowest BCUT2D eigenvalue weighted by Gasteiger charge is -2.30. The SMILES string of the molecule is CCN(CC1CCCCCC1N)c1ccc(F)cc1. The molecule has 1 fully saturated rings. The summed E-state index contributed by atoms with van der Waals surface area (Å²) < 4.78 is 13.0. The van der Waals surface area contributed by atoms with Crippen molar-refractivity contribution in [2.75, 3.05) is 18.0 Å². The van der Waals surface area contributed by atoms with Gasteiger partial charge in [-0.25, -0.2) is 4.39 Å². The second-order valence-corrected chi connectivity index (χ2v) is 5.58. The molecule has 2 unspecified atom stereocenters. The minimum Gasteiger partial charge on any atom is -0.371 e. The summed E-state index contributed by atoms with van der Waals surface area (Å²) >= 11 is 0. The van der Waals surface area contributed by atoms with E-state index >= 15 is 0 Å². The monoisotopic (exact) mass is 264 g/mol. The van der Waals surface area contributed by atoms with Gasteiger partial charge in [0, 0.05) is 24.8 Å². The molecule has 1 aliphatic carbocycles. The molecule has 19 heavy (non-hydrogen) atoms. The third-order valence-electron chi connectivity index (χ3n) is 4.25. The summed E-state index contributed by atoms with van der Waals surface area (Å²) in [5, 5.41) is 0. The van der Waals surface area contributed by atoms with Crippen molar-refractivity contribution in [3.63, 3.8) is 0 Å². The Labute approximate surface area is 115 Å². The smallest absolute Gasteiger partial charge is 0.123 e. The number of rotatable bonds is 4. The molecule has 1 aromatic carbocycles. The Balaban J connectivity index is 2.03. The van der Waals surface area contributed by atoms with E-state index in [1.807, 2.05) is 12.1 Å². The number of halogens is 1. The third kappa shape index (κ3) is 3.93. The van der Waals surface area contributed by atoms with Crippen molar-refractivity contribution in [3.05, 3.63) is 30.1 Å². The summed E-state index contributed by atoms with van der Waals surface area (Å²) in [5.74, 6) is 0.387. The van der Waals surface area contributed by atoms with Crippen molar-refractivity contribution in [1.29, 1.82) is 0 Å². The number of nitrogens with two attached hydrogens (primary N) is 1. The highest BCUT2D eigenvalue weighted by molar-refractivity contribution is 5.46. The molecule has 0 saturated heterocycles. The molecule has 1 aliphatic rings. The van der Waals surface area contributed by atoms with E-state index in [-0.39, 0.29) is 5.82 Å². The molecule has 1 saturated carbocycles. The summed E-state index contributed by atoms with van der Waals surface area (Å²) in [4.78, 5) is 2.31. The van der Waals surface area contributed by atoms with Crippen LogP contribution in [0.15, 0.2) is 24.3 Å². The van der Waals surface area contributed by atoms with Gasteiger partial charge < -0.3 is 10.6 Å². The molecule has 0 radical (unpaired) electrons. The molecular formula is C16H25FN2. The maximum Gasteiger partial charge on any atom is 0.123 e. The fraction of sp³-hybridized carbons (Fsp3) is 0.625. The second-order valence-electron chi connectivity index (χ2n) is 5.58. The van der Waals surface area contributed by atoms with Gasteiger partial charge in [-0.15, -0.1) is 0 Å². The van der Waals surface area contributed by atoms with E-state index in [0.29, 0.717) is 12.0 Å². The molecule has 2 rings (SSSR count). The first-order chi connectivity index (χ1) is 9.20. The summed E-state index contributed by atoms with van der Waals surface area (Å²) in [6.07, 6.45) is 6.23. The van der Waals surface area contributed by atoms with E-state index in [1.165, 1.54) is 37.8 Å². The highest BCUT2D eigenvalue weighted by Gasteiger charge is 2.22. The zero-order chi connectivity index (χ0) is 13.7. The Hall–Kier alpha value is -1.09. The molecule has 0 aliphatic heterocycles. The third-order valence-corrected chi connectivity index (χ3v) is 4.25. The van der Waals surface area contributed by atoms with Crippen LogP contribution in [0.2, 0.25) is 0 Å². The average molecular weight is 264 g/mol. The molecule has 0 aromatic heterocycles. The van der Waals surface area contributed by atoms with Crippen LogP contribution >= 0.6 is 0 Å². The van der Waals surface area contributed by atoms with Gasteiger partial charge in [0.15, 0.2) is 0 Å². The Morgan fingerprint density at radius 1 is 1.16 bits per heavy atom. The molecule has 106 valence electrons. The van der Waals surface area contributed by atoms with Gasteiger partial charge in [-0.3, -0.25) is 0 Å². The Morgan fingerprint density at radius 3 is 2.53 bits per heavy atom. The van der Waals surface area contributed by atoms with E-state index in [1.54, 1.807) is 0 Å².